The number of aromatic nitrogens is 2. The van der Waals surface area contributed by atoms with Gasteiger partial charge in [0.05, 0.1) is 6.04 Å². The van der Waals surface area contributed by atoms with Crippen LogP contribution in [0.4, 0.5) is 0 Å². The van der Waals surface area contributed by atoms with Crippen LogP contribution in [-0.4, -0.2) is 28.0 Å². The molecule has 160 valence electrons. The molecule has 1 atom stereocenters. The average molecular weight is 418 g/mol. The zero-order chi connectivity index (χ0) is 22.0. The summed E-state index contributed by atoms with van der Waals surface area (Å²) in [6.45, 7) is 6.27. The number of amides is 1. The molecule has 0 bridgehead atoms. The molecule has 0 fully saturated rings. The van der Waals surface area contributed by atoms with Gasteiger partial charge in [-0.15, -0.1) is 0 Å². The van der Waals surface area contributed by atoms with E-state index in [1.54, 1.807) is 11.9 Å². The smallest absolute Gasteiger partial charge is 0.227 e. The SMILES string of the molecule is CC(C)c1ccc(-c2noc(CCC(=O)N(C)C(C)c3cc4ccccc4o3)n2)cc1. The second-order valence-corrected chi connectivity index (χ2v) is 8.16. The zero-order valence-corrected chi connectivity index (χ0v) is 18.3. The van der Waals surface area contributed by atoms with Crippen LogP contribution in [0.15, 0.2) is 63.5 Å². The van der Waals surface area contributed by atoms with E-state index in [2.05, 4.69) is 36.1 Å². The highest BCUT2D eigenvalue weighted by molar-refractivity contribution is 5.79. The first-order valence-corrected chi connectivity index (χ1v) is 10.6. The summed E-state index contributed by atoms with van der Waals surface area (Å²) in [5.41, 5.74) is 2.99. The molecule has 0 aliphatic heterocycles. The fourth-order valence-electron chi connectivity index (χ4n) is 3.50. The van der Waals surface area contributed by atoms with E-state index in [-0.39, 0.29) is 18.4 Å². The van der Waals surface area contributed by atoms with Crippen molar-refractivity contribution in [1.82, 2.24) is 15.0 Å². The van der Waals surface area contributed by atoms with Gasteiger partial charge in [-0.3, -0.25) is 4.79 Å². The molecule has 2 aromatic carbocycles. The molecule has 6 heteroatoms. The molecule has 31 heavy (non-hydrogen) atoms. The number of para-hydroxylation sites is 1. The third-order valence-electron chi connectivity index (χ3n) is 5.69. The molecule has 0 aliphatic carbocycles. The third kappa shape index (κ3) is 4.53. The normalized spacial score (nSPS) is 12.4. The lowest BCUT2D eigenvalue weighted by Gasteiger charge is -2.23. The lowest BCUT2D eigenvalue weighted by Crippen LogP contribution is -2.29. The van der Waals surface area contributed by atoms with E-state index in [1.165, 1.54) is 5.56 Å². The fraction of sp³-hybridized carbons (Fsp3) is 0.320. The molecule has 6 nitrogen and oxygen atoms in total. The van der Waals surface area contributed by atoms with E-state index in [9.17, 15) is 4.79 Å². The van der Waals surface area contributed by atoms with Crippen LogP contribution in [0, 0.1) is 0 Å². The van der Waals surface area contributed by atoms with Crippen molar-refractivity contribution in [3.63, 3.8) is 0 Å². The van der Waals surface area contributed by atoms with Crippen molar-refractivity contribution in [3.8, 4) is 11.4 Å². The maximum Gasteiger partial charge on any atom is 0.227 e. The van der Waals surface area contributed by atoms with Crippen molar-refractivity contribution in [3.05, 3.63) is 71.8 Å². The number of nitrogens with zero attached hydrogens (tertiary/aromatic N) is 3. The second kappa shape index (κ2) is 8.76. The van der Waals surface area contributed by atoms with Gasteiger partial charge in [0.15, 0.2) is 0 Å². The molecule has 0 saturated heterocycles. The minimum absolute atomic E-state index is 0.00556. The van der Waals surface area contributed by atoms with Crippen molar-refractivity contribution < 1.29 is 13.7 Å². The standard InChI is InChI=1S/C25H27N3O3/c1-16(2)18-9-11-19(12-10-18)25-26-23(31-27-25)13-14-24(29)28(4)17(3)22-15-20-7-5-6-8-21(20)30-22/h5-12,15-17H,13-14H2,1-4H3. The van der Waals surface area contributed by atoms with Gasteiger partial charge in [0.1, 0.15) is 11.3 Å². The lowest BCUT2D eigenvalue weighted by atomic mass is 10.0. The Labute approximate surface area is 181 Å². The summed E-state index contributed by atoms with van der Waals surface area (Å²) < 4.78 is 11.3. The van der Waals surface area contributed by atoms with E-state index in [0.717, 1.165) is 22.3 Å². The van der Waals surface area contributed by atoms with Crippen molar-refractivity contribution >= 4 is 16.9 Å². The van der Waals surface area contributed by atoms with Crippen molar-refractivity contribution in [2.45, 2.75) is 45.6 Å². The van der Waals surface area contributed by atoms with Crippen LogP contribution in [0.3, 0.4) is 0 Å². The van der Waals surface area contributed by atoms with Gasteiger partial charge in [-0.1, -0.05) is 61.5 Å². The van der Waals surface area contributed by atoms with Gasteiger partial charge in [-0.05, 0) is 30.5 Å². The highest BCUT2D eigenvalue weighted by Gasteiger charge is 2.21. The number of hydrogen-bond donors (Lipinski definition) is 0. The molecule has 4 aromatic rings. The molecule has 0 spiro atoms. The highest BCUT2D eigenvalue weighted by atomic mass is 16.5. The molecule has 2 heterocycles. The van der Waals surface area contributed by atoms with Crippen molar-refractivity contribution in [2.75, 3.05) is 7.05 Å². The van der Waals surface area contributed by atoms with Gasteiger partial charge >= 0.3 is 0 Å². The monoisotopic (exact) mass is 417 g/mol. The topological polar surface area (TPSA) is 72.4 Å². The number of furan rings is 1. The van der Waals surface area contributed by atoms with Crippen LogP contribution in [0.5, 0.6) is 0 Å². The number of hydrogen-bond acceptors (Lipinski definition) is 5. The first-order chi connectivity index (χ1) is 14.9. The van der Waals surface area contributed by atoms with Gasteiger partial charge < -0.3 is 13.8 Å². The maximum absolute atomic E-state index is 12.7. The zero-order valence-electron chi connectivity index (χ0n) is 18.3. The number of fused-ring (bicyclic) bond motifs is 1. The number of rotatable bonds is 7. The van der Waals surface area contributed by atoms with E-state index in [1.807, 2.05) is 49.4 Å². The number of aryl methyl sites for hydroxylation is 1. The Hall–Kier alpha value is -3.41. The van der Waals surface area contributed by atoms with Crippen LogP contribution in [0.2, 0.25) is 0 Å². The van der Waals surface area contributed by atoms with Gasteiger partial charge in [0.25, 0.3) is 0 Å². The largest absolute Gasteiger partial charge is 0.459 e. The summed E-state index contributed by atoms with van der Waals surface area (Å²) in [5, 5.41) is 5.10. The molecule has 2 aromatic heterocycles. The molecule has 0 aliphatic rings. The van der Waals surface area contributed by atoms with Crippen LogP contribution in [-0.2, 0) is 11.2 Å². The molecular weight excluding hydrogens is 390 g/mol. The first kappa shape index (κ1) is 20.8. The Morgan fingerprint density at radius 3 is 2.52 bits per heavy atom. The van der Waals surface area contributed by atoms with Crippen molar-refractivity contribution in [1.29, 1.82) is 0 Å². The van der Waals surface area contributed by atoms with Crippen LogP contribution >= 0.6 is 0 Å². The molecule has 1 unspecified atom stereocenters. The van der Waals surface area contributed by atoms with E-state index in [4.69, 9.17) is 8.94 Å². The van der Waals surface area contributed by atoms with Gasteiger partial charge in [-0.25, -0.2) is 0 Å². The molecule has 0 radical (unpaired) electrons. The predicted octanol–water partition coefficient (Wildman–Crippen LogP) is 5.76. The molecule has 0 N–H and O–H groups in total. The number of carbonyl (C=O) groups excluding carboxylic acids is 1. The summed E-state index contributed by atoms with van der Waals surface area (Å²) in [7, 11) is 1.79. The van der Waals surface area contributed by atoms with Crippen LogP contribution in [0.1, 0.15) is 56.4 Å². The Balaban J connectivity index is 1.37. The van der Waals surface area contributed by atoms with Gasteiger partial charge in [0, 0.05) is 30.8 Å². The van der Waals surface area contributed by atoms with Gasteiger partial charge in [0.2, 0.25) is 17.6 Å². The molecule has 4 rings (SSSR count). The second-order valence-electron chi connectivity index (χ2n) is 8.16. The van der Waals surface area contributed by atoms with E-state index < -0.39 is 0 Å². The highest BCUT2D eigenvalue weighted by Crippen LogP contribution is 2.27. The molecule has 0 saturated carbocycles. The Kier molecular flexibility index (Phi) is 5.89. The lowest BCUT2D eigenvalue weighted by molar-refractivity contribution is -0.132. The predicted molar refractivity (Wildman–Crippen MR) is 120 cm³/mol. The average Bonchev–Trinajstić information content (AvgIpc) is 3.43. The summed E-state index contributed by atoms with van der Waals surface area (Å²) in [6, 6.07) is 17.8. The Bertz CT molecular complexity index is 1140. The van der Waals surface area contributed by atoms with Crippen LogP contribution in [0.25, 0.3) is 22.4 Å². The maximum atomic E-state index is 12.7. The Morgan fingerprint density at radius 2 is 1.81 bits per heavy atom. The minimum Gasteiger partial charge on any atom is -0.459 e. The summed E-state index contributed by atoms with van der Waals surface area (Å²) in [6.07, 6.45) is 0.683. The number of carbonyl (C=O) groups is 1. The fourth-order valence-corrected chi connectivity index (χ4v) is 3.50. The summed E-state index contributed by atoms with van der Waals surface area (Å²) in [5.74, 6) is 2.23. The van der Waals surface area contributed by atoms with Crippen LogP contribution < -0.4 is 0 Å². The minimum atomic E-state index is -0.169. The number of benzene rings is 2. The van der Waals surface area contributed by atoms with Crippen molar-refractivity contribution in [2.24, 2.45) is 0 Å². The Morgan fingerprint density at radius 1 is 1.06 bits per heavy atom. The van der Waals surface area contributed by atoms with E-state index >= 15 is 0 Å². The first-order valence-electron chi connectivity index (χ1n) is 10.6. The van der Waals surface area contributed by atoms with Gasteiger partial charge in [-0.2, -0.15) is 4.98 Å². The summed E-state index contributed by atoms with van der Waals surface area (Å²) >= 11 is 0. The third-order valence-corrected chi connectivity index (χ3v) is 5.69. The molecular formula is C25H27N3O3. The van der Waals surface area contributed by atoms with E-state index in [0.29, 0.717) is 24.1 Å². The summed E-state index contributed by atoms with van der Waals surface area (Å²) in [4.78, 5) is 18.9. The molecule has 1 amide bonds. The quantitative estimate of drug-likeness (QED) is 0.382.